The van der Waals surface area contributed by atoms with Gasteiger partial charge < -0.3 is 9.47 Å². The Morgan fingerprint density at radius 3 is 1.36 bits per heavy atom. The average molecular weight is 459 g/mol. The van der Waals surface area contributed by atoms with Crippen LogP contribution in [0.15, 0.2) is 12.2 Å². The molecule has 0 aliphatic heterocycles. The van der Waals surface area contributed by atoms with Crippen LogP contribution in [0, 0.1) is 11.8 Å². The number of hydrogen-bond donors (Lipinski definition) is 0. The van der Waals surface area contributed by atoms with Gasteiger partial charge in [0.15, 0.2) is 0 Å². The minimum atomic E-state index is -0.479. The zero-order valence-corrected chi connectivity index (χ0v) is 19.4. The summed E-state index contributed by atoms with van der Waals surface area (Å²) >= 11 is 0. The Hall–Kier alpha value is -0.521. The molecule has 0 fully saturated rings. The molecule has 0 N–H and O–H groups in total. The fraction of sp³-hybridized carbons (Fsp3) is 0.800. The van der Waals surface area contributed by atoms with Gasteiger partial charge >= 0.3 is 11.9 Å². The van der Waals surface area contributed by atoms with Crippen LogP contribution >= 0.6 is 0 Å². The van der Waals surface area contributed by atoms with Crippen molar-refractivity contribution in [2.75, 3.05) is 13.2 Å². The molecule has 0 atom stereocenters. The van der Waals surface area contributed by atoms with Crippen LogP contribution in [0.2, 0.25) is 0 Å². The maximum atomic E-state index is 11.5. The van der Waals surface area contributed by atoms with Crippen molar-refractivity contribution in [1.29, 1.82) is 0 Å². The van der Waals surface area contributed by atoms with Gasteiger partial charge in [-0.1, -0.05) is 66.2 Å². The molecule has 0 saturated heterocycles. The van der Waals surface area contributed by atoms with Crippen LogP contribution in [-0.4, -0.2) is 49.1 Å². The molecule has 5 heteroatoms. The van der Waals surface area contributed by atoms with Gasteiger partial charge in [-0.25, -0.2) is 9.59 Å². The normalized spacial score (nSPS) is 11.0. The Kier molecular flexibility index (Phi) is 19.5. The van der Waals surface area contributed by atoms with Crippen LogP contribution < -0.4 is 0 Å². The average Bonchev–Trinajstić information content (AvgIpc) is 2.51. The van der Waals surface area contributed by atoms with E-state index >= 15 is 0 Å². The van der Waals surface area contributed by atoms with Crippen LogP contribution in [-0.2, 0) is 19.1 Å². The molecule has 0 spiro atoms. The summed E-state index contributed by atoms with van der Waals surface area (Å²) in [5.41, 5.74) is 0. The third-order valence-electron chi connectivity index (χ3n) is 3.70. The predicted octanol–water partition coefficient (Wildman–Crippen LogP) is 4.68. The minimum absolute atomic E-state index is 0. The van der Waals surface area contributed by atoms with E-state index in [4.69, 9.17) is 9.47 Å². The molecule has 0 unspecified atom stereocenters. The van der Waals surface area contributed by atoms with E-state index in [2.05, 4.69) is 27.7 Å². The fourth-order valence-electron chi connectivity index (χ4n) is 2.24. The molecular formula is C20H36O4Sn. The van der Waals surface area contributed by atoms with Gasteiger partial charge in [0.25, 0.3) is 0 Å². The number of ether oxygens (including phenoxy) is 2. The summed E-state index contributed by atoms with van der Waals surface area (Å²) in [5, 5.41) is 0. The molecule has 4 nitrogen and oxygen atoms in total. The summed E-state index contributed by atoms with van der Waals surface area (Å²) in [7, 11) is 0. The van der Waals surface area contributed by atoms with Crippen molar-refractivity contribution in [3.8, 4) is 0 Å². The van der Waals surface area contributed by atoms with Crippen LogP contribution in [0.1, 0.15) is 79.1 Å². The van der Waals surface area contributed by atoms with Gasteiger partial charge in [0.2, 0.25) is 0 Å². The van der Waals surface area contributed by atoms with E-state index in [1.54, 1.807) is 0 Å². The largest absolute Gasteiger partial charge is 0.463 e. The molecule has 0 aromatic carbocycles. The number of unbranched alkanes of at least 4 members (excludes halogenated alkanes) is 4. The van der Waals surface area contributed by atoms with Gasteiger partial charge in [-0.3, -0.25) is 0 Å². The first-order chi connectivity index (χ1) is 11.4. The molecule has 0 aliphatic carbocycles. The fourth-order valence-corrected chi connectivity index (χ4v) is 2.24. The summed E-state index contributed by atoms with van der Waals surface area (Å²) < 4.78 is 10.1. The minimum Gasteiger partial charge on any atom is -0.463 e. The molecule has 0 saturated carbocycles. The van der Waals surface area contributed by atoms with Crippen molar-refractivity contribution in [2.45, 2.75) is 79.1 Å². The molecule has 0 amide bonds. The van der Waals surface area contributed by atoms with Gasteiger partial charge in [-0.2, -0.15) is 0 Å². The van der Waals surface area contributed by atoms with E-state index in [-0.39, 0.29) is 23.9 Å². The zero-order chi connectivity index (χ0) is 18.2. The molecular weight excluding hydrogens is 423 g/mol. The third-order valence-corrected chi connectivity index (χ3v) is 3.70. The Morgan fingerprint density at radius 2 is 1.04 bits per heavy atom. The molecule has 0 bridgehead atoms. The first kappa shape index (κ1) is 26.7. The molecule has 0 aromatic rings. The monoisotopic (exact) mass is 460 g/mol. The van der Waals surface area contributed by atoms with Crippen molar-refractivity contribution >= 4 is 35.8 Å². The second-order valence-corrected chi connectivity index (χ2v) is 7.15. The molecule has 0 rings (SSSR count). The van der Waals surface area contributed by atoms with E-state index in [9.17, 15) is 9.59 Å². The number of rotatable bonds is 14. The standard InChI is InChI=1S/C20H36O4.Sn/c1-17(2)11-7-5-9-15-23-19(21)13-14-20(22)24-16-10-6-8-12-18(3)4;/h13-14,17-18H,5-12,15-16H2,1-4H3;. The summed E-state index contributed by atoms with van der Waals surface area (Å²) in [6.07, 6.45) is 10.9. The van der Waals surface area contributed by atoms with Crippen LogP contribution in [0.3, 0.4) is 0 Å². The van der Waals surface area contributed by atoms with Crippen molar-refractivity contribution < 1.29 is 19.1 Å². The maximum Gasteiger partial charge on any atom is 0.331 e. The maximum absolute atomic E-state index is 11.5. The van der Waals surface area contributed by atoms with Crippen LogP contribution in [0.25, 0.3) is 0 Å². The van der Waals surface area contributed by atoms with E-state index < -0.39 is 11.9 Å². The summed E-state index contributed by atoms with van der Waals surface area (Å²) in [5.74, 6) is 0.480. The molecule has 0 heterocycles. The smallest absolute Gasteiger partial charge is 0.331 e. The van der Waals surface area contributed by atoms with Gasteiger partial charge in [-0.15, -0.1) is 0 Å². The molecule has 0 aliphatic rings. The second kappa shape index (κ2) is 18.3. The summed E-state index contributed by atoms with van der Waals surface area (Å²) in [4.78, 5) is 22.9. The molecule has 25 heavy (non-hydrogen) atoms. The van der Waals surface area contributed by atoms with Gasteiger partial charge in [0.05, 0.1) is 13.2 Å². The van der Waals surface area contributed by atoms with Crippen molar-refractivity contribution in [2.24, 2.45) is 11.8 Å². The van der Waals surface area contributed by atoms with E-state index in [0.29, 0.717) is 13.2 Å². The zero-order valence-electron chi connectivity index (χ0n) is 16.5. The first-order valence-corrected chi connectivity index (χ1v) is 9.43. The van der Waals surface area contributed by atoms with Crippen molar-refractivity contribution in [3.63, 3.8) is 0 Å². The SMILES string of the molecule is CC(C)CCCCCOC(=O)C=CC(=O)OCCCCCC(C)C.[Sn]. The van der Waals surface area contributed by atoms with Gasteiger partial charge in [0, 0.05) is 36.1 Å². The molecule has 144 valence electrons. The number of hydrogen-bond acceptors (Lipinski definition) is 4. The van der Waals surface area contributed by atoms with Crippen LogP contribution in [0.4, 0.5) is 0 Å². The van der Waals surface area contributed by atoms with Gasteiger partial charge in [0.1, 0.15) is 0 Å². The Balaban J connectivity index is 0. The van der Waals surface area contributed by atoms with Crippen LogP contribution in [0.5, 0.6) is 0 Å². The predicted molar refractivity (Wildman–Crippen MR) is 103 cm³/mol. The summed E-state index contributed by atoms with van der Waals surface area (Å²) in [6, 6.07) is 0. The number of esters is 2. The first-order valence-electron chi connectivity index (χ1n) is 9.43. The Bertz CT molecular complexity index is 331. The Labute approximate surface area is 171 Å². The van der Waals surface area contributed by atoms with Crippen molar-refractivity contribution in [3.05, 3.63) is 12.2 Å². The van der Waals surface area contributed by atoms with Gasteiger partial charge in [-0.05, 0) is 24.7 Å². The van der Waals surface area contributed by atoms with E-state index in [0.717, 1.165) is 62.5 Å². The Morgan fingerprint density at radius 1 is 0.680 bits per heavy atom. The topological polar surface area (TPSA) is 52.6 Å². The quantitative estimate of drug-likeness (QED) is 0.164. The van der Waals surface area contributed by atoms with E-state index in [1.807, 2.05) is 0 Å². The molecule has 0 aromatic heterocycles. The van der Waals surface area contributed by atoms with E-state index in [1.165, 1.54) is 12.8 Å². The number of carbonyl (C=O) groups is 2. The van der Waals surface area contributed by atoms with Crippen molar-refractivity contribution in [1.82, 2.24) is 0 Å². The number of carbonyl (C=O) groups excluding carboxylic acids is 2. The summed E-state index contributed by atoms with van der Waals surface area (Å²) in [6.45, 7) is 9.63. The molecule has 4 radical (unpaired) electrons. The second-order valence-electron chi connectivity index (χ2n) is 7.15. The third kappa shape index (κ3) is 21.4.